The predicted octanol–water partition coefficient (Wildman–Crippen LogP) is 0.866. The third-order valence-electron chi connectivity index (χ3n) is 2.09. The number of hydrogen-bond acceptors (Lipinski definition) is 5. The monoisotopic (exact) mass is 253 g/mol. The van der Waals surface area contributed by atoms with E-state index < -0.39 is 10.0 Å². The number of pyridine rings is 1. The van der Waals surface area contributed by atoms with Gasteiger partial charge in [0.1, 0.15) is 11.8 Å². The Hall–Kier alpha value is -1.81. The van der Waals surface area contributed by atoms with Gasteiger partial charge in [0.05, 0.1) is 24.1 Å². The molecule has 1 aromatic rings. The molecule has 0 unspecified atom stereocenters. The van der Waals surface area contributed by atoms with Crippen LogP contribution in [0.15, 0.2) is 12.3 Å². The molecule has 0 spiro atoms. The predicted molar refractivity (Wildman–Crippen MR) is 61.1 cm³/mol. The standard InChI is InChI=1S/C10H11N3O3S/c1-17(14,15)13-10-7(5-11)4-9(6-12-10)16-8-2-3-8/h4,6,8H,2-3H2,1H3,(H,12,13). The van der Waals surface area contributed by atoms with Crippen molar-refractivity contribution in [2.45, 2.75) is 18.9 Å². The molecule has 1 fully saturated rings. The third kappa shape index (κ3) is 3.32. The fourth-order valence-electron chi connectivity index (χ4n) is 1.23. The number of ether oxygens (including phenoxy) is 1. The van der Waals surface area contributed by atoms with Gasteiger partial charge in [0.15, 0.2) is 5.82 Å². The van der Waals surface area contributed by atoms with E-state index >= 15 is 0 Å². The summed E-state index contributed by atoms with van der Waals surface area (Å²) in [5.74, 6) is 0.515. The van der Waals surface area contributed by atoms with Crippen LogP contribution in [-0.4, -0.2) is 25.8 Å². The fourth-order valence-corrected chi connectivity index (χ4v) is 1.74. The molecular formula is C10H11N3O3S. The van der Waals surface area contributed by atoms with Crippen LogP contribution in [0.25, 0.3) is 0 Å². The minimum Gasteiger partial charge on any atom is -0.489 e. The van der Waals surface area contributed by atoms with Crippen molar-refractivity contribution in [2.75, 3.05) is 11.0 Å². The van der Waals surface area contributed by atoms with E-state index in [0.717, 1.165) is 19.1 Å². The van der Waals surface area contributed by atoms with Crippen molar-refractivity contribution in [2.24, 2.45) is 0 Å². The van der Waals surface area contributed by atoms with Gasteiger partial charge in [-0.05, 0) is 12.8 Å². The largest absolute Gasteiger partial charge is 0.489 e. The van der Waals surface area contributed by atoms with Gasteiger partial charge in [0.2, 0.25) is 10.0 Å². The van der Waals surface area contributed by atoms with Crippen LogP contribution in [0.2, 0.25) is 0 Å². The maximum Gasteiger partial charge on any atom is 0.231 e. The highest BCUT2D eigenvalue weighted by molar-refractivity contribution is 7.92. The molecule has 1 aromatic heterocycles. The lowest BCUT2D eigenvalue weighted by molar-refractivity contribution is 0.302. The number of anilines is 1. The molecule has 1 saturated carbocycles. The van der Waals surface area contributed by atoms with Crippen LogP contribution < -0.4 is 9.46 Å². The van der Waals surface area contributed by atoms with Crippen LogP contribution in [0, 0.1) is 11.3 Å². The zero-order valence-electron chi connectivity index (χ0n) is 9.17. The number of rotatable bonds is 4. The van der Waals surface area contributed by atoms with Crippen LogP contribution in [0.5, 0.6) is 5.75 Å². The van der Waals surface area contributed by atoms with Crippen molar-refractivity contribution in [1.82, 2.24) is 4.98 Å². The van der Waals surface area contributed by atoms with Gasteiger partial charge in [-0.1, -0.05) is 0 Å². The van der Waals surface area contributed by atoms with E-state index in [1.165, 1.54) is 12.3 Å². The van der Waals surface area contributed by atoms with Crippen LogP contribution >= 0.6 is 0 Å². The molecule has 6 nitrogen and oxygen atoms in total. The molecule has 0 radical (unpaired) electrons. The number of nitrogens with zero attached hydrogens (tertiary/aromatic N) is 2. The zero-order chi connectivity index (χ0) is 12.5. The summed E-state index contributed by atoms with van der Waals surface area (Å²) in [6.07, 6.45) is 4.63. The third-order valence-corrected chi connectivity index (χ3v) is 2.66. The molecule has 0 bridgehead atoms. The summed E-state index contributed by atoms with van der Waals surface area (Å²) in [4.78, 5) is 3.88. The quantitative estimate of drug-likeness (QED) is 0.859. The maximum absolute atomic E-state index is 11.0. The van der Waals surface area contributed by atoms with Gasteiger partial charge >= 0.3 is 0 Å². The van der Waals surface area contributed by atoms with E-state index in [-0.39, 0.29) is 17.5 Å². The first-order valence-electron chi connectivity index (χ1n) is 5.02. The molecule has 2 rings (SSSR count). The molecule has 1 heterocycles. The summed E-state index contributed by atoms with van der Waals surface area (Å²) in [6, 6.07) is 3.37. The second kappa shape index (κ2) is 4.22. The molecule has 0 aliphatic heterocycles. The Kier molecular flexibility index (Phi) is 2.90. The molecule has 17 heavy (non-hydrogen) atoms. The van der Waals surface area contributed by atoms with Gasteiger partial charge < -0.3 is 4.74 Å². The SMILES string of the molecule is CS(=O)(=O)Nc1ncc(OC2CC2)cc1C#N. The smallest absolute Gasteiger partial charge is 0.231 e. The summed E-state index contributed by atoms with van der Waals surface area (Å²) >= 11 is 0. The number of nitrogens with one attached hydrogen (secondary N) is 1. The minimum atomic E-state index is -3.44. The molecule has 0 saturated heterocycles. The summed E-state index contributed by atoms with van der Waals surface area (Å²) in [5, 5.41) is 8.91. The van der Waals surface area contributed by atoms with E-state index in [1.54, 1.807) is 0 Å². The molecule has 1 aliphatic rings. The lowest BCUT2D eigenvalue weighted by Crippen LogP contribution is -2.12. The number of nitriles is 1. The Bertz CT molecular complexity index is 573. The van der Waals surface area contributed by atoms with Crippen molar-refractivity contribution >= 4 is 15.8 Å². The number of hydrogen-bond donors (Lipinski definition) is 1. The van der Waals surface area contributed by atoms with Gasteiger partial charge in [-0.25, -0.2) is 13.4 Å². The van der Waals surface area contributed by atoms with E-state index in [9.17, 15) is 8.42 Å². The highest BCUT2D eigenvalue weighted by Crippen LogP contribution is 2.28. The molecule has 0 aromatic carbocycles. The first kappa shape index (κ1) is 11.7. The van der Waals surface area contributed by atoms with Crippen molar-refractivity contribution < 1.29 is 13.2 Å². The van der Waals surface area contributed by atoms with Crippen LogP contribution in [0.4, 0.5) is 5.82 Å². The lowest BCUT2D eigenvalue weighted by Gasteiger charge is -2.07. The zero-order valence-corrected chi connectivity index (χ0v) is 9.99. The van der Waals surface area contributed by atoms with Crippen molar-refractivity contribution in [3.63, 3.8) is 0 Å². The van der Waals surface area contributed by atoms with Crippen molar-refractivity contribution in [3.05, 3.63) is 17.8 Å². The number of aromatic nitrogens is 1. The van der Waals surface area contributed by atoms with Crippen LogP contribution in [0.1, 0.15) is 18.4 Å². The second-order valence-electron chi connectivity index (χ2n) is 3.87. The van der Waals surface area contributed by atoms with Crippen LogP contribution in [0.3, 0.4) is 0 Å². The first-order valence-corrected chi connectivity index (χ1v) is 6.91. The Balaban J connectivity index is 2.25. The molecule has 1 N–H and O–H groups in total. The molecule has 0 atom stereocenters. The summed E-state index contributed by atoms with van der Waals surface area (Å²) in [6.45, 7) is 0. The molecule has 90 valence electrons. The molecule has 7 heteroatoms. The Morgan fingerprint density at radius 3 is 2.82 bits per heavy atom. The molecule has 0 amide bonds. The average Bonchev–Trinajstić information content (AvgIpc) is 3.02. The van der Waals surface area contributed by atoms with Gasteiger partial charge in [-0.2, -0.15) is 5.26 Å². The molecular weight excluding hydrogens is 242 g/mol. The topological polar surface area (TPSA) is 92.1 Å². The maximum atomic E-state index is 11.0. The van der Waals surface area contributed by atoms with Crippen molar-refractivity contribution in [3.8, 4) is 11.8 Å². The van der Waals surface area contributed by atoms with E-state index in [0.29, 0.717) is 5.75 Å². The van der Waals surface area contributed by atoms with E-state index in [4.69, 9.17) is 10.00 Å². The second-order valence-corrected chi connectivity index (χ2v) is 5.62. The van der Waals surface area contributed by atoms with Crippen LogP contribution in [-0.2, 0) is 10.0 Å². The normalized spacial score (nSPS) is 15.1. The van der Waals surface area contributed by atoms with E-state index in [2.05, 4.69) is 9.71 Å². The Morgan fingerprint density at radius 1 is 1.59 bits per heavy atom. The number of sulfonamides is 1. The Morgan fingerprint density at radius 2 is 2.29 bits per heavy atom. The fraction of sp³-hybridized carbons (Fsp3) is 0.400. The average molecular weight is 253 g/mol. The first-order chi connectivity index (χ1) is 7.98. The highest BCUT2D eigenvalue weighted by Gasteiger charge is 2.24. The lowest BCUT2D eigenvalue weighted by atomic mass is 10.3. The van der Waals surface area contributed by atoms with Gasteiger partial charge in [0, 0.05) is 6.07 Å². The van der Waals surface area contributed by atoms with Gasteiger partial charge in [-0.15, -0.1) is 0 Å². The summed E-state index contributed by atoms with van der Waals surface area (Å²) in [7, 11) is -3.44. The minimum absolute atomic E-state index is 0.0261. The molecule has 1 aliphatic carbocycles. The van der Waals surface area contributed by atoms with Gasteiger partial charge in [-0.3, -0.25) is 4.72 Å². The Labute approximate surface area is 99.3 Å². The summed E-state index contributed by atoms with van der Waals surface area (Å²) in [5.41, 5.74) is 0.147. The van der Waals surface area contributed by atoms with E-state index in [1.807, 2.05) is 6.07 Å². The van der Waals surface area contributed by atoms with Crippen molar-refractivity contribution in [1.29, 1.82) is 5.26 Å². The highest BCUT2D eigenvalue weighted by atomic mass is 32.2. The summed E-state index contributed by atoms with van der Waals surface area (Å²) < 4.78 is 29.7. The van der Waals surface area contributed by atoms with Gasteiger partial charge in [0.25, 0.3) is 0 Å².